The van der Waals surface area contributed by atoms with E-state index in [4.69, 9.17) is 4.74 Å². The van der Waals surface area contributed by atoms with Crippen molar-refractivity contribution in [2.24, 2.45) is 5.92 Å². The molecule has 1 amide bonds. The molecule has 1 N–H and O–H groups in total. The van der Waals surface area contributed by atoms with Crippen LogP contribution in [0.3, 0.4) is 0 Å². The summed E-state index contributed by atoms with van der Waals surface area (Å²) in [5, 5.41) is 3.46. The van der Waals surface area contributed by atoms with Gasteiger partial charge < -0.3 is 10.1 Å². The molecule has 0 spiro atoms. The third-order valence-corrected chi connectivity index (χ3v) is 4.68. The molecular formula is C16H24N2O3S. The predicted molar refractivity (Wildman–Crippen MR) is 88.5 cm³/mol. The molecule has 1 aromatic rings. The first-order valence-electron chi connectivity index (χ1n) is 7.79. The van der Waals surface area contributed by atoms with E-state index < -0.39 is 0 Å². The minimum Gasteiger partial charge on any atom is -0.462 e. The molecule has 1 aliphatic heterocycles. The zero-order valence-corrected chi connectivity index (χ0v) is 14.3. The Hall–Kier alpha value is -1.40. The number of hydrogen-bond acceptors (Lipinski definition) is 5. The van der Waals surface area contributed by atoms with Gasteiger partial charge in [0.2, 0.25) is 5.91 Å². The van der Waals surface area contributed by atoms with E-state index in [0.717, 1.165) is 24.4 Å². The molecule has 0 aliphatic carbocycles. The highest BCUT2D eigenvalue weighted by Gasteiger charge is 2.21. The summed E-state index contributed by atoms with van der Waals surface area (Å²) < 4.78 is 5.03. The van der Waals surface area contributed by atoms with Gasteiger partial charge in [-0.05, 0) is 45.2 Å². The van der Waals surface area contributed by atoms with Crippen molar-refractivity contribution < 1.29 is 14.3 Å². The smallest absolute Gasteiger partial charge is 0.341 e. The summed E-state index contributed by atoms with van der Waals surface area (Å²) in [6.07, 6.45) is 2.37. The van der Waals surface area contributed by atoms with Crippen LogP contribution in [0.2, 0.25) is 0 Å². The number of anilines is 1. The van der Waals surface area contributed by atoms with Gasteiger partial charge in [0.25, 0.3) is 0 Å². The lowest BCUT2D eigenvalue weighted by Gasteiger charge is -2.30. The Bertz CT molecular complexity index is 541. The number of esters is 1. The molecule has 2 heterocycles. The number of likely N-dealkylation sites (tertiary alicyclic amines) is 1. The summed E-state index contributed by atoms with van der Waals surface area (Å²) in [5.74, 6) is 0.191. The third-order valence-electron chi connectivity index (χ3n) is 3.71. The highest BCUT2D eigenvalue weighted by Crippen LogP contribution is 2.28. The Labute approximate surface area is 135 Å². The number of carbonyl (C=O) groups excluding carboxylic acids is 2. The number of carbonyl (C=O) groups is 2. The minimum absolute atomic E-state index is 0.0681. The molecular weight excluding hydrogens is 300 g/mol. The van der Waals surface area contributed by atoms with Gasteiger partial charge in [-0.3, -0.25) is 9.69 Å². The lowest BCUT2D eigenvalue weighted by Crippen LogP contribution is -2.39. The fraction of sp³-hybridized carbons (Fsp3) is 0.625. The fourth-order valence-electron chi connectivity index (χ4n) is 2.77. The number of ether oxygens (including phenoxy) is 1. The van der Waals surface area contributed by atoms with Crippen LogP contribution in [0.1, 0.15) is 41.9 Å². The number of rotatable bonds is 5. The maximum absolute atomic E-state index is 12.2. The number of nitrogens with one attached hydrogen (secondary N) is 1. The Balaban J connectivity index is 1.97. The van der Waals surface area contributed by atoms with Crippen molar-refractivity contribution >= 4 is 28.2 Å². The summed E-state index contributed by atoms with van der Waals surface area (Å²) in [6.45, 7) is 8.53. The number of hydrogen-bond donors (Lipinski definition) is 1. The first-order valence-corrected chi connectivity index (χ1v) is 8.61. The van der Waals surface area contributed by atoms with E-state index >= 15 is 0 Å². The van der Waals surface area contributed by atoms with Gasteiger partial charge in [0.15, 0.2) is 0 Å². The first kappa shape index (κ1) is 17.0. The molecule has 1 aliphatic rings. The van der Waals surface area contributed by atoms with Crippen LogP contribution in [0, 0.1) is 12.8 Å². The highest BCUT2D eigenvalue weighted by atomic mass is 32.1. The van der Waals surface area contributed by atoms with Gasteiger partial charge in [-0.15, -0.1) is 11.3 Å². The van der Waals surface area contributed by atoms with Crippen LogP contribution < -0.4 is 5.32 Å². The van der Waals surface area contributed by atoms with E-state index in [1.807, 2.05) is 6.92 Å². The van der Waals surface area contributed by atoms with Crippen LogP contribution >= 0.6 is 11.3 Å². The van der Waals surface area contributed by atoms with Crippen LogP contribution in [0.4, 0.5) is 5.00 Å². The second-order valence-corrected chi connectivity index (χ2v) is 7.11. The molecule has 0 aromatic carbocycles. The molecule has 5 nitrogen and oxygen atoms in total. The van der Waals surface area contributed by atoms with Gasteiger partial charge in [0.1, 0.15) is 5.00 Å². The number of thiophene rings is 1. The molecule has 0 saturated carbocycles. The summed E-state index contributed by atoms with van der Waals surface area (Å²) in [7, 11) is 0. The van der Waals surface area contributed by atoms with Gasteiger partial charge in [-0.25, -0.2) is 4.79 Å². The number of nitrogens with zero attached hydrogens (tertiary/aromatic N) is 1. The third kappa shape index (κ3) is 4.55. The summed E-state index contributed by atoms with van der Waals surface area (Å²) in [4.78, 5) is 27.3. The zero-order valence-electron chi connectivity index (χ0n) is 13.5. The lowest BCUT2D eigenvalue weighted by atomic mass is 10.0. The first-order chi connectivity index (χ1) is 10.5. The van der Waals surface area contributed by atoms with Crippen molar-refractivity contribution in [2.45, 2.75) is 33.6 Å². The van der Waals surface area contributed by atoms with Crippen LogP contribution in [-0.4, -0.2) is 43.0 Å². The Morgan fingerprint density at radius 1 is 1.50 bits per heavy atom. The van der Waals surface area contributed by atoms with Gasteiger partial charge >= 0.3 is 5.97 Å². The van der Waals surface area contributed by atoms with E-state index in [9.17, 15) is 9.59 Å². The standard InChI is InChI=1S/C16H24N2O3S/c1-4-21-16(20)13-8-12(3)22-15(13)17-14(19)10-18-7-5-6-11(2)9-18/h8,11H,4-7,9-10H2,1-3H3,(H,17,19). The number of aryl methyl sites for hydroxylation is 1. The van der Waals surface area contributed by atoms with Crippen molar-refractivity contribution in [3.63, 3.8) is 0 Å². The topological polar surface area (TPSA) is 58.6 Å². The van der Waals surface area contributed by atoms with E-state index in [2.05, 4.69) is 17.1 Å². The molecule has 1 atom stereocenters. The van der Waals surface area contributed by atoms with E-state index in [1.165, 1.54) is 17.8 Å². The molecule has 1 unspecified atom stereocenters. The molecule has 1 saturated heterocycles. The molecule has 2 rings (SSSR count). The summed E-state index contributed by atoms with van der Waals surface area (Å²) >= 11 is 1.41. The molecule has 6 heteroatoms. The molecule has 0 radical (unpaired) electrons. The van der Waals surface area contributed by atoms with E-state index in [1.54, 1.807) is 13.0 Å². The number of amides is 1. The predicted octanol–water partition coefficient (Wildman–Crippen LogP) is 2.90. The van der Waals surface area contributed by atoms with Crippen LogP contribution in [0.5, 0.6) is 0 Å². The zero-order chi connectivity index (χ0) is 16.1. The van der Waals surface area contributed by atoms with Gasteiger partial charge in [-0.2, -0.15) is 0 Å². The molecule has 122 valence electrons. The second-order valence-electron chi connectivity index (χ2n) is 5.85. The van der Waals surface area contributed by atoms with Crippen molar-refractivity contribution in [2.75, 3.05) is 31.6 Å². The Kier molecular flexibility index (Phi) is 5.97. The van der Waals surface area contributed by atoms with Crippen molar-refractivity contribution in [1.29, 1.82) is 0 Å². The quantitative estimate of drug-likeness (QED) is 0.846. The average molecular weight is 324 g/mol. The van der Waals surface area contributed by atoms with Crippen molar-refractivity contribution in [3.8, 4) is 0 Å². The molecule has 22 heavy (non-hydrogen) atoms. The van der Waals surface area contributed by atoms with Crippen LogP contribution in [0.25, 0.3) is 0 Å². The van der Waals surface area contributed by atoms with E-state index in [-0.39, 0.29) is 11.9 Å². The number of piperidine rings is 1. The van der Waals surface area contributed by atoms with Gasteiger partial charge in [0, 0.05) is 11.4 Å². The monoisotopic (exact) mass is 324 g/mol. The second kappa shape index (κ2) is 7.74. The normalized spacial score (nSPS) is 19.0. The largest absolute Gasteiger partial charge is 0.462 e. The van der Waals surface area contributed by atoms with Gasteiger partial charge in [0.05, 0.1) is 18.7 Å². The van der Waals surface area contributed by atoms with Crippen molar-refractivity contribution in [1.82, 2.24) is 4.90 Å². The SMILES string of the molecule is CCOC(=O)c1cc(C)sc1NC(=O)CN1CCCC(C)C1. The summed E-state index contributed by atoms with van der Waals surface area (Å²) in [6, 6.07) is 1.77. The maximum atomic E-state index is 12.2. The Morgan fingerprint density at radius 3 is 2.95 bits per heavy atom. The van der Waals surface area contributed by atoms with Crippen molar-refractivity contribution in [3.05, 3.63) is 16.5 Å². The maximum Gasteiger partial charge on any atom is 0.341 e. The fourth-order valence-corrected chi connectivity index (χ4v) is 3.68. The molecule has 0 bridgehead atoms. The van der Waals surface area contributed by atoms with Crippen LogP contribution in [0.15, 0.2) is 6.07 Å². The lowest BCUT2D eigenvalue weighted by molar-refractivity contribution is -0.117. The summed E-state index contributed by atoms with van der Waals surface area (Å²) in [5.41, 5.74) is 0.449. The van der Waals surface area contributed by atoms with E-state index in [0.29, 0.717) is 29.6 Å². The van der Waals surface area contributed by atoms with Gasteiger partial charge in [-0.1, -0.05) is 6.92 Å². The van der Waals surface area contributed by atoms with Crippen LogP contribution in [-0.2, 0) is 9.53 Å². The molecule has 1 aromatic heterocycles. The highest BCUT2D eigenvalue weighted by molar-refractivity contribution is 7.16. The average Bonchev–Trinajstić information content (AvgIpc) is 2.79. The minimum atomic E-state index is -0.381. The Morgan fingerprint density at radius 2 is 2.27 bits per heavy atom. The molecule has 1 fully saturated rings.